The van der Waals surface area contributed by atoms with Gasteiger partial charge in [-0.3, -0.25) is 9.88 Å². The normalized spacial score (nSPS) is 27.3. The molecular formula is C4H9NNaO2P. The second kappa shape index (κ2) is 5.78. The van der Waals surface area contributed by atoms with E-state index < -0.39 is 0 Å². The van der Waals surface area contributed by atoms with Crippen molar-refractivity contribution in [1.82, 2.24) is 5.32 Å². The van der Waals surface area contributed by atoms with Crippen LogP contribution in [0.2, 0.25) is 0 Å². The first kappa shape index (κ1) is 10.0. The van der Waals surface area contributed by atoms with Crippen molar-refractivity contribution in [1.29, 1.82) is 0 Å². The summed E-state index contributed by atoms with van der Waals surface area (Å²) < 4.78 is 15.1. The van der Waals surface area contributed by atoms with Gasteiger partial charge in [0, 0.05) is 6.54 Å². The average molecular weight is 157 g/mol. The standard InChI is InChI=1S/C4H8NO2P.Na.H/c6-8-4-3-7-2-1-5-4;;/h4-5H,1-3H2;;/q;+1;-1. The second-order valence-electron chi connectivity index (χ2n) is 1.65. The van der Waals surface area contributed by atoms with Crippen LogP contribution >= 0.6 is 8.46 Å². The van der Waals surface area contributed by atoms with Crippen LogP contribution in [0.15, 0.2) is 0 Å². The van der Waals surface area contributed by atoms with E-state index in [-0.39, 0.29) is 45.2 Å². The van der Waals surface area contributed by atoms with Gasteiger partial charge in [-0.25, -0.2) is 0 Å². The van der Waals surface area contributed by atoms with Crippen molar-refractivity contribution in [3.8, 4) is 0 Å². The van der Waals surface area contributed by atoms with Crippen LogP contribution in [-0.4, -0.2) is 25.5 Å². The summed E-state index contributed by atoms with van der Waals surface area (Å²) in [6, 6.07) is 0. The van der Waals surface area contributed by atoms with Gasteiger partial charge in [-0.15, -0.1) is 0 Å². The molecule has 1 unspecified atom stereocenters. The van der Waals surface area contributed by atoms with Gasteiger partial charge in [0.1, 0.15) is 5.78 Å². The molecule has 1 saturated heterocycles. The Balaban J connectivity index is 0. The minimum atomic E-state index is 0. The van der Waals surface area contributed by atoms with E-state index in [0.29, 0.717) is 6.61 Å². The van der Waals surface area contributed by atoms with Crippen molar-refractivity contribution in [3.05, 3.63) is 0 Å². The van der Waals surface area contributed by atoms with Crippen molar-refractivity contribution < 1.29 is 40.3 Å². The molecule has 1 heterocycles. The summed E-state index contributed by atoms with van der Waals surface area (Å²) in [6.45, 7) is 2.14. The third-order valence-electron chi connectivity index (χ3n) is 1.03. The van der Waals surface area contributed by atoms with Crippen molar-refractivity contribution in [2.45, 2.75) is 5.78 Å². The molecule has 48 valence electrons. The number of rotatable bonds is 1. The summed E-state index contributed by atoms with van der Waals surface area (Å²) in [5.74, 6) is 0.0312. The Morgan fingerprint density at radius 2 is 2.56 bits per heavy atom. The van der Waals surface area contributed by atoms with Gasteiger partial charge in [-0.1, -0.05) is 0 Å². The SMILES string of the molecule is O=PC1COCCN1.[H-].[Na+]. The first-order valence-corrected chi connectivity index (χ1v) is 3.45. The topological polar surface area (TPSA) is 38.3 Å². The molecule has 1 rings (SSSR count). The van der Waals surface area contributed by atoms with Crippen molar-refractivity contribution >= 4 is 8.46 Å². The molecule has 9 heavy (non-hydrogen) atoms. The molecule has 1 atom stereocenters. The van der Waals surface area contributed by atoms with Crippen molar-refractivity contribution in [2.75, 3.05) is 19.8 Å². The van der Waals surface area contributed by atoms with E-state index in [1.54, 1.807) is 0 Å². The number of nitrogens with one attached hydrogen (secondary N) is 1. The Labute approximate surface area is 79.5 Å². The summed E-state index contributed by atoms with van der Waals surface area (Å²) in [4.78, 5) is 0. The van der Waals surface area contributed by atoms with Gasteiger partial charge in [0.15, 0.2) is 8.46 Å². The quantitative estimate of drug-likeness (QED) is 0.333. The Bertz CT molecular complexity index is 91.3. The molecule has 0 radical (unpaired) electrons. The van der Waals surface area contributed by atoms with Gasteiger partial charge < -0.3 is 6.16 Å². The molecule has 0 aromatic heterocycles. The van der Waals surface area contributed by atoms with Gasteiger partial charge in [-0.05, 0) is 0 Å². The molecule has 1 aliphatic rings. The molecule has 1 aliphatic heterocycles. The van der Waals surface area contributed by atoms with Crippen molar-refractivity contribution in [3.63, 3.8) is 0 Å². The minimum Gasteiger partial charge on any atom is -1.00 e. The van der Waals surface area contributed by atoms with Crippen LogP contribution in [0.5, 0.6) is 0 Å². The molecule has 5 heteroatoms. The largest absolute Gasteiger partial charge is 1.00 e. The number of hydrogen-bond donors (Lipinski definition) is 1. The summed E-state index contributed by atoms with van der Waals surface area (Å²) >= 11 is 0. The number of ether oxygens (including phenoxy) is 1. The molecule has 0 saturated carbocycles. The van der Waals surface area contributed by atoms with Crippen LogP contribution in [0.1, 0.15) is 1.43 Å². The van der Waals surface area contributed by atoms with Crippen molar-refractivity contribution in [2.24, 2.45) is 0 Å². The molecule has 3 nitrogen and oxygen atoms in total. The van der Waals surface area contributed by atoms with E-state index in [9.17, 15) is 4.57 Å². The molecule has 1 fully saturated rings. The Morgan fingerprint density at radius 1 is 1.78 bits per heavy atom. The smallest absolute Gasteiger partial charge is 1.00 e. The molecule has 0 amide bonds. The third-order valence-corrected chi connectivity index (χ3v) is 1.62. The van der Waals surface area contributed by atoms with E-state index in [4.69, 9.17) is 4.74 Å². The van der Waals surface area contributed by atoms with Gasteiger partial charge in [0.05, 0.1) is 13.2 Å². The summed E-state index contributed by atoms with van der Waals surface area (Å²) in [7, 11) is 0.140. The molecule has 0 bridgehead atoms. The molecule has 0 aromatic carbocycles. The predicted molar refractivity (Wildman–Crippen MR) is 31.3 cm³/mol. The van der Waals surface area contributed by atoms with E-state index in [0.717, 1.165) is 13.2 Å². The van der Waals surface area contributed by atoms with Gasteiger partial charge in [0.25, 0.3) is 0 Å². The van der Waals surface area contributed by atoms with E-state index in [1.807, 2.05) is 0 Å². The maximum absolute atomic E-state index is 10.1. The third kappa shape index (κ3) is 3.66. The van der Waals surface area contributed by atoms with Gasteiger partial charge >= 0.3 is 29.6 Å². The van der Waals surface area contributed by atoms with Crippen LogP contribution in [0.25, 0.3) is 0 Å². The fraction of sp³-hybridized carbons (Fsp3) is 1.00. The van der Waals surface area contributed by atoms with E-state index >= 15 is 0 Å². The second-order valence-corrected chi connectivity index (χ2v) is 2.48. The minimum absolute atomic E-state index is 0. The van der Waals surface area contributed by atoms with E-state index in [2.05, 4.69) is 5.32 Å². The van der Waals surface area contributed by atoms with Gasteiger partial charge in [0.2, 0.25) is 0 Å². The fourth-order valence-corrected chi connectivity index (χ4v) is 0.989. The molecular weight excluding hydrogens is 148 g/mol. The molecule has 0 aliphatic carbocycles. The maximum Gasteiger partial charge on any atom is 1.00 e. The zero-order valence-corrected chi connectivity index (χ0v) is 8.36. The summed E-state index contributed by atoms with van der Waals surface area (Å²) in [5, 5.41) is 3.02. The number of morpholine rings is 1. The van der Waals surface area contributed by atoms with Gasteiger partial charge in [-0.2, -0.15) is 0 Å². The van der Waals surface area contributed by atoms with Crippen LogP contribution in [-0.2, 0) is 9.30 Å². The first-order valence-electron chi connectivity index (χ1n) is 2.57. The van der Waals surface area contributed by atoms with Crippen LogP contribution in [0.3, 0.4) is 0 Å². The zero-order valence-electron chi connectivity index (χ0n) is 6.46. The number of hydrogen-bond acceptors (Lipinski definition) is 3. The summed E-state index contributed by atoms with van der Waals surface area (Å²) in [5.41, 5.74) is 0. The van der Waals surface area contributed by atoms with Crippen LogP contribution < -0.4 is 34.9 Å². The average Bonchev–Trinajstić information content (AvgIpc) is 1.90. The Kier molecular flexibility index (Phi) is 6.43. The van der Waals surface area contributed by atoms with Crippen LogP contribution in [0.4, 0.5) is 0 Å². The van der Waals surface area contributed by atoms with E-state index in [1.165, 1.54) is 0 Å². The first-order chi connectivity index (χ1) is 3.93. The molecule has 0 spiro atoms. The zero-order chi connectivity index (χ0) is 5.82. The Morgan fingerprint density at radius 3 is 2.89 bits per heavy atom. The molecule has 0 aromatic rings. The predicted octanol–water partition coefficient (Wildman–Crippen LogP) is -2.66. The monoisotopic (exact) mass is 157 g/mol. The maximum atomic E-state index is 10.1. The molecule has 1 N–H and O–H groups in total. The summed E-state index contributed by atoms with van der Waals surface area (Å²) in [6.07, 6.45) is 0. The Hall–Kier alpha value is 1.02. The fourth-order valence-electron chi connectivity index (χ4n) is 0.619. The van der Waals surface area contributed by atoms with Crippen LogP contribution in [0, 0.1) is 0 Å².